The third kappa shape index (κ3) is 8.21. The van der Waals surface area contributed by atoms with Gasteiger partial charge in [-0.15, -0.1) is 10.2 Å². The van der Waals surface area contributed by atoms with Gasteiger partial charge in [0.15, 0.2) is 5.78 Å². The largest absolute Gasteiger partial charge is 0.463 e. The number of hydrogen-bond acceptors (Lipinski definition) is 14. The van der Waals surface area contributed by atoms with Crippen molar-refractivity contribution < 1.29 is 38.7 Å². The minimum atomic E-state index is -1.09. The van der Waals surface area contributed by atoms with Gasteiger partial charge >= 0.3 is 5.97 Å². The van der Waals surface area contributed by atoms with Crippen molar-refractivity contribution in [1.29, 1.82) is 0 Å². The lowest BCUT2D eigenvalue weighted by Gasteiger charge is -2.05. The van der Waals surface area contributed by atoms with Crippen molar-refractivity contribution in [3.05, 3.63) is 91.5 Å². The second-order valence-electron chi connectivity index (χ2n) is 9.54. The SMILES string of the molecule is COOCC(=O)Cc1ccc(-n2cc(CCCc3cn(-c4ccc(CC(=O)C(=O)OC)c([N+](=O)[O-])c4)nn3)nn2)cc1[N+](=O)[O-]. The molecular weight excluding hydrogens is 596 g/mol. The molecule has 45 heavy (non-hydrogen) atoms. The maximum Gasteiger partial charge on any atom is 0.374 e. The summed E-state index contributed by atoms with van der Waals surface area (Å²) in [6, 6.07) is 8.52. The molecule has 4 rings (SSSR count). The fraction of sp³-hybridized carbons (Fsp3) is 0.296. The van der Waals surface area contributed by atoms with E-state index in [1.165, 1.54) is 46.8 Å². The molecular formula is C27H26N8O10. The Bertz CT molecular complexity index is 1750. The van der Waals surface area contributed by atoms with E-state index in [1.54, 1.807) is 18.5 Å². The summed E-state index contributed by atoms with van der Waals surface area (Å²) >= 11 is 0. The van der Waals surface area contributed by atoms with Crippen LogP contribution in [0.25, 0.3) is 11.4 Å². The zero-order valence-electron chi connectivity index (χ0n) is 24.0. The molecule has 0 fully saturated rings. The van der Waals surface area contributed by atoms with Crippen molar-refractivity contribution in [2.75, 3.05) is 20.8 Å². The molecule has 234 valence electrons. The van der Waals surface area contributed by atoms with E-state index in [0.29, 0.717) is 42.0 Å². The van der Waals surface area contributed by atoms with Crippen molar-refractivity contribution in [2.45, 2.75) is 32.1 Å². The average Bonchev–Trinajstić information content (AvgIpc) is 3.70. The highest BCUT2D eigenvalue weighted by Crippen LogP contribution is 2.25. The summed E-state index contributed by atoms with van der Waals surface area (Å²) in [5.74, 6) is -2.39. The van der Waals surface area contributed by atoms with E-state index in [9.17, 15) is 34.6 Å². The van der Waals surface area contributed by atoms with Crippen LogP contribution >= 0.6 is 0 Å². The van der Waals surface area contributed by atoms with Crippen LogP contribution < -0.4 is 0 Å². The van der Waals surface area contributed by atoms with Crippen LogP contribution in [0.4, 0.5) is 11.4 Å². The van der Waals surface area contributed by atoms with Crippen LogP contribution in [0, 0.1) is 20.2 Å². The van der Waals surface area contributed by atoms with Crippen LogP contribution in [-0.2, 0) is 54.6 Å². The molecule has 0 radical (unpaired) electrons. The quantitative estimate of drug-likeness (QED) is 0.0571. The Balaban J connectivity index is 1.38. The van der Waals surface area contributed by atoms with E-state index in [1.807, 2.05) is 0 Å². The molecule has 0 saturated carbocycles. The van der Waals surface area contributed by atoms with Gasteiger partial charge in [0.2, 0.25) is 5.78 Å². The molecule has 0 aliphatic heterocycles. The molecule has 0 bridgehead atoms. The highest BCUT2D eigenvalue weighted by atomic mass is 17.2. The Morgan fingerprint density at radius 2 is 1.31 bits per heavy atom. The number of esters is 1. The van der Waals surface area contributed by atoms with E-state index >= 15 is 0 Å². The molecule has 18 heteroatoms. The molecule has 0 amide bonds. The van der Waals surface area contributed by atoms with Gasteiger partial charge < -0.3 is 4.74 Å². The molecule has 0 spiro atoms. The zero-order valence-corrected chi connectivity index (χ0v) is 24.0. The number of nitro benzene ring substituents is 2. The summed E-state index contributed by atoms with van der Waals surface area (Å²) in [4.78, 5) is 66.3. The molecule has 0 atom stereocenters. The van der Waals surface area contributed by atoms with Gasteiger partial charge in [0.25, 0.3) is 11.4 Å². The summed E-state index contributed by atoms with van der Waals surface area (Å²) in [6.45, 7) is -0.337. The maximum atomic E-state index is 12.0. The van der Waals surface area contributed by atoms with E-state index in [-0.39, 0.29) is 41.3 Å². The minimum absolute atomic E-state index is 0.0567. The molecule has 0 unspecified atom stereocenters. The smallest absolute Gasteiger partial charge is 0.374 e. The summed E-state index contributed by atoms with van der Waals surface area (Å²) < 4.78 is 7.13. The number of ketones is 2. The molecule has 18 nitrogen and oxygen atoms in total. The number of aryl methyl sites for hydroxylation is 2. The van der Waals surface area contributed by atoms with E-state index < -0.39 is 28.0 Å². The van der Waals surface area contributed by atoms with Crippen molar-refractivity contribution in [3.63, 3.8) is 0 Å². The van der Waals surface area contributed by atoms with Crippen molar-refractivity contribution in [3.8, 4) is 11.4 Å². The Morgan fingerprint density at radius 3 is 1.78 bits per heavy atom. The van der Waals surface area contributed by atoms with Crippen molar-refractivity contribution in [1.82, 2.24) is 30.0 Å². The topological polar surface area (TPSA) is 227 Å². The summed E-state index contributed by atoms with van der Waals surface area (Å²) in [7, 11) is 2.30. The van der Waals surface area contributed by atoms with E-state index in [0.717, 1.165) is 7.11 Å². The third-order valence-corrected chi connectivity index (χ3v) is 6.50. The summed E-state index contributed by atoms with van der Waals surface area (Å²) in [6.07, 6.45) is 4.15. The number of Topliss-reactive ketones (excluding diaryl/α,β-unsaturated/α-hetero) is 2. The van der Waals surface area contributed by atoms with Gasteiger partial charge in [-0.1, -0.05) is 10.4 Å². The van der Waals surface area contributed by atoms with Crippen molar-refractivity contribution >= 4 is 28.9 Å². The molecule has 0 N–H and O–H groups in total. The first-order valence-electron chi connectivity index (χ1n) is 13.3. The van der Waals surface area contributed by atoms with Gasteiger partial charge in [0.05, 0.1) is 59.2 Å². The lowest BCUT2D eigenvalue weighted by Crippen LogP contribution is -2.18. The van der Waals surface area contributed by atoms with Crippen LogP contribution in [0.1, 0.15) is 28.9 Å². The van der Waals surface area contributed by atoms with E-state index in [4.69, 9.17) is 0 Å². The van der Waals surface area contributed by atoms with Crippen LogP contribution in [0.15, 0.2) is 48.8 Å². The van der Waals surface area contributed by atoms with Gasteiger partial charge in [-0.2, -0.15) is 0 Å². The molecule has 0 saturated heterocycles. The van der Waals surface area contributed by atoms with Gasteiger partial charge in [-0.25, -0.2) is 23.9 Å². The lowest BCUT2D eigenvalue weighted by molar-refractivity contribution is -0.385. The second-order valence-corrected chi connectivity index (χ2v) is 9.54. The fourth-order valence-corrected chi connectivity index (χ4v) is 4.30. The Labute approximate surface area is 253 Å². The molecule has 2 aromatic heterocycles. The first kappa shape index (κ1) is 32.2. The molecule has 2 aromatic carbocycles. The highest BCUT2D eigenvalue weighted by Gasteiger charge is 2.23. The third-order valence-electron chi connectivity index (χ3n) is 6.50. The van der Waals surface area contributed by atoms with Gasteiger partial charge in [0, 0.05) is 36.1 Å². The molecule has 4 aromatic rings. The number of carbonyl (C=O) groups is 3. The summed E-state index contributed by atoms with van der Waals surface area (Å²) in [5.41, 5.74) is 1.64. The molecule has 0 aliphatic rings. The predicted molar refractivity (Wildman–Crippen MR) is 150 cm³/mol. The lowest BCUT2D eigenvalue weighted by atomic mass is 10.1. The van der Waals surface area contributed by atoms with Gasteiger partial charge in [0.1, 0.15) is 6.61 Å². The Kier molecular flexibility index (Phi) is 10.5. The Morgan fingerprint density at radius 1 is 0.800 bits per heavy atom. The fourth-order valence-electron chi connectivity index (χ4n) is 4.30. The first-order valence-corrected chi connectivity index (χ1v) is 13.3. The second kappa shape index (κ2) is 14.6. The molecule has 2 heterocycles. The minimum Gasteiger partial charge on any atom is -0.463 e. The predicted octanol–water partition coefficient (Wildman–Crippen LogP) is 1.81. The van der Waals surface area contributed by atoms with Crippen molar-refractivity contribution in [2.24, 2.45) is 0 Å². The first-order chi connectivity index (χ1) is 21.6. The number of aromatic nitrogens is 6. The normalized spacial score (nSPS) is 10.9. The van der Waals surface area contributed by atoms with Gasteiger partial charge in [-0.05, 0) is 43.5 Å². The summed E-state index contributed by atoms with van der Waals surface area (Å²) in [5, 5.41) is 39.6. The number of nitrogens with zero attached hydrogens (tertiary/aromatic N) is 8. The number of benzene rings is 2. The Hall–Kier alpha value is -5.75. The highest BCUT2D eigenvalue weighted by molar-refractivity contribution is 6.34. The van der Waals surface area contributed by atoms with Crippen LogP contribution in [0.2, 0.25) is 0 Å². The van der Waals surface area contributed by atoms with E-state index in [2.05, 4.69) is 35.1 Å². The van der Waals surface area contributed by atoms with Crippen LogP contribution in [0.5, 0.6) is 0 Å². The number of carbonyl (C=O) groups excluding carboxylic acids is 3. The number of ether oxygens (including phenoxy) is 1. The number of rotatable bonds is 16. The number of hydrogen-bond donors (Lipinski definition) is 0. The molecule has 0 aliphatic carbocycles. The number of methoxy groups -OCH3 is 1. The monoisotopic (exact) mass is 622 g/mol. The number of nitro groups is 2. The van der Waals surface area contributed by atoms with Gasteiger partial charge in [-0.3, -0.25) is 29.8 Å². The average molecular weight is 623 g/mol. The van der Waals surface area contributed by atoms with Crippen LogP contribution in [0.3, 0.4) is 0 Å². The maximum absolute atomic E-state index is 12.0. The van der Waals surface area contributed by atoms with Crippen LogP contribution in [-0.4, -0.2) is 78.2 Å². The standard InChI is InChI=1S/C27H26N8O10/c1-43-27(38)26(37)11-18-7-9-22(13-25(18)35(41)42)33-15-20(29-31-33)5-3-4-19-14-32(30-28-19)21-8-6-17(24(12-21)34(39)40)10-23(36)16-45-44-2/h6-9,12-15H,3-5,10-11,16H2,1-2H3. The zero-order chi connectivity index (χ0) is 32.5.